The van der Waals surface area contributed by atoms with E-state index in [1.165, 1.54) is 4.31 Å². The molecule has 0 amide bonds. The number of hydrogen-bond acceptors (Lipinski definition) is 5. The molecular weight excluding hydrogens is 296 g/mol. The zero-order valence-corrected chi connectivity index (χ0v) is 13.2. The van der Waals surface area contributed by atoms with Gasteiger partial charge in [0.25, 0.3) is 0 Å². The Morgan fingerprint density at radius 1 is 1.30 bits per heavy atom. The summed E-state index contributed by atoms with van der Waals surface area (Å²) in [5.41, 5.74) is 2.15. The van der Waals surface area contributed by atoms with Crippen LogP contribution < -0.4 is 0 Å². The van der Waals surface area contributed by atoms with Gasteiger partial charge in [0.05, 0.1) is 28.6 Å². The van der Waals surface area contributed by atoms with Crippen LogP contribution in [0.5, 0.6) is 0 Å². The largest absolute Gasteiger partial charge is 0.281 e. The Balaban J connectivity index is 1.98. The summed E-state index contributed by atoms with van der Waals surface area (Å²) in [4.78, 5) is 5.80. The Morgan fingerprint density at radius 2 is 2.05 bits per heavy atom. The lowest BCUT2D eigenvalue weighted by molar-refractivity contribution is 0.392. The van der Waals surface area contributed by atoms with E-state index >= 15 is 0 Å². The summed E-state index contributed by atoms with van der Waals surface area (Å²) in [7, 11) is -3.50. The minimum absolute atomic E-state index is 0.308. The molecule has 2 aromatic heterocycles. The maximum atomic E-state index is 12.8. The molecule has 0 aromatic carbocycles. The van der Waals surface area contributed by atoms with Crippen molar-refractivity contribution in [3.63, 3.8) is 0 Å². The fourth-order valence-electron chi connectivity index (χ4n) is 2.56. The molecule has 1 aliphatic heterocycles. The maximum Gasteiger partial charge on any atom is 0.247 e. The van der Waals surface area contributed by atoms with Crippen LogP contribution in [-0.4, -0.2) is 34.4 Å². The monoisotopic (exact) mass is 312 g/mol. The van der Waals surface area contributed by atoms with Gasteiger partial charge < -0.3 is 0 Å². The van der Waals surface area contributed by atoms with Gasteiger partial charge in [0, 0.05) is 17.8 Å². The van der Waals surface area contributed by atoms with Crippen molar-refractivity contribution in [2.45, 2.75) is 38.6 Å². The fourth-order valence-corrected chi connectivity index (χ4v) is 5.38. The number of aryl methyl sites for hydroxylation is 3. The highest BCUT2D eigenvalue weighted by molar-refractivity contribution is 7.89. The Labute approximate surface area is 121 Å². The third-order valence-corrected chi connectivity index (χ3v) is 6.57. The molecule has 6 nitrogen and oxygen atoms in total. The maximum absolute atomic E-state index is 12.8. The minimum Gasteiger partial charge on any atom is -0.281 e. The summed E-state index contributed by atoms with van der Waals surface area (Å²) < 4.78 is 27.0. The number of nitrogens with zero attached hydrogens (tertiary/aromatic N) is 3. The molecule has 2 aromatic rings. The molecule has 0 aliphatic carbocycles. The van der Waals surface area contributed by atoms with Crippen LogP contribution in [0.1, 0.15) is 27.0 Å². The van der Waals surface area contributed by atoms with Gasteiger partial charge in [-0.05, 0) is 20.8 Å². The van der Waals surface area contributed by atoms with Gasteiger partial charge in [0.2, 0.25) is 10.0 Å². The molecule has 1 aliphatic rings. The number of thiazole rings is 1. The van der Waals surface area contributed by atoms with E-state index in [1.54, 1.807) is 25.2 Å². The van der Waals surface area contributed by atoms with Crippen molar-refractivity contribution < 1.29 is 8.42 Å². The van der Waals surface area contributed by atoms with Crippen LogP contribution in [-0.2, 0) is 23.0 Å². The van der Waals surface area contributed by atoms with Crippen LogP contribution in [0.25, 0.3) is 0 Å². The number of aromatic nitrogens is 3. The third kappa shape index (κ3) is 2.07. The van der Waals surface area contributed by atoms with Crippen molar-refractivity contribution in [3.8, 4) is 0 Å². The average molecular weight is 312 g/mol. The first-order valence-electron chi connectivity index (χ1n) is 6.36. The molecule has 3 rings (SSSR count). The van der Waals surface area contributed by atoms with Crippen molar-refractivity contribution >= 4 is 21.4 Å². The summed E-state index contributed by atoms with van der Waals surface area (Å²) in [6.07, 6.45) is 0.675. The van der Waals surface area contributed by atoms with E-state index in [4.69, 9.17) is 0 Å². The van der Waals surface area contributed by atoms with E-state index in [9.17, 15) is 8.42 Å². The number of rotatable bonds is 2. The van der Waals surface area contributed by atoms with Crippen molar-refractivity contribution in [1.82, 2.24) is 19.5 Å². The van der Waals surface area contributed by atoms with Gasteiger partial charge >= 0.3 is 0 Å². The first kappa shape index (κ1) is 13.7. The van der Waals surface area contributed by atoms with Crippen LogP contribution in [0, 0.1) is 20.8 Å². The molecule has 0 radical (unpaired) electrons. The molecule has 0 bridgehead atoms. The Hall–Kier alpha value is -1.25. The first-order valence-corrected chi connectivity index (χ1v) is 8.62. The first-order chi connectivity index (χ1) is 9.39. The van der Waals surface area contributed by atoms with E-state index in [1.807, 2.05) is 6.92 Å². The smallest absolute Gasteiger partial charge is 0.247 e. The molecule has 0 saturated carbocycles. The van der Waals surface area contributed by atoms with Gasteiger partial charge in [-0.25, -0.2) is 13.4 Å². The molecule has 0 saturated heterocycles. The van der Waals surface area contributed by atoms with Crippen LogP contribution in [0.15, 0.2) is 4.90 Å². The molecule has 20 heavy (non-hydrogen) atoms. The van der Waals surface area contributed by atoms with E-state index in [0.29, 0.717) is 35.8 Å². The van der Waals surface area contributed by atoms with Gasteiger partial charge in [0.1, 0.15) is 4.90 Å². The molecule has 1 N–H and O–H groups in total. The van der Waals surface area contributed by atoms with Crippen molar-refractivity contribution in [2.75, 3.05) is 6.54 Å². The summed E-state index contributed by atoms with van der Waals surface area (Å²) >= 11 is 1.58. The number of hydrogen-bond donors (Lipinski definition) is 1. The van der Waals surface area contributed by atoms with E-state index < -0.39 is 10.0 Å². The Morgan fingerprint density at radius 3 is 2.70 bits per heavy atom. The predicted molar refractivity (Wildman–Crippen MR) is 76.2 cm³/mol. The summed E-state index contributed by atoms with van der Waals surface area (Å²) in [6, 6.07) is 0. The zero-order chi connectivity index (χ0) is 14.5. The van der Waals surface area contributed by atoms with Crippen LogP contribution in [0.4, 0.5) is 0 Å². The highest BCUT2D eigenvalue weighted by Crippen LogP contribution is 2.30. The second-order valence-electron chi connectivity index (χ2n) is 4.95. The van der Waals surface area contributed by atoms with E-state index in [0.717, 1.165) is 15.6 Å². The predicted octanol–water partition coefficient (Wildman–Crippen LogP) is 1.54. The molecule has 3 heterocycles. The highest BCUT2D eigenvalue weighted by Gasteiger charge is 2.33. The number of aromatic amines is 1. The second kappa shape index (κ2) is 4.64. The molecule has 0 atom stereocenters. The SMILES string of the molecule is Cc1nc2c(s1)CN(S(=O)(=O)c1c(C)n[nH]c1C)CC2. The van der Waals surface area contributed by atoms with E-state index in [-0.39, 0.29) is 0 Å². The lowest BCUT2D eigenvalue weighted by Gasteiger charge is -2.25. The number of sulfonamides is 1. The van der Waals surface area contributed by atoms with Gasteiger partial charge in [-0.15, -0.1) is 11.3 Å². The molecule has 0 unspecified atom stereocenters. The van der Waals surface area contributed by atoms with Crippen LogP contribution >= 0.6 is 11.3 Å². The molecule has 0 fully saturated rings. The van der Waals surface area contributed by atoms with Gasteiger partial charge in [-0.1, -0.05) is 0 Å². The Bertz CT molecular complexity index is 741. The summed E-state index contributed by atoms with van der Waals surface area (Å²) in [6.45, 7) is 6.28. The van der Waals surface area contributed by atoms with Crippen LogP contribution in [0.2, 0.25) is 0 Å². The second-order valence-corrected chi connectivity index (χ2v) is 8.12. The van der Waals surface area contributed by atoms with Crippen molar-refractivity contribution in [2.24, 2.45) is 0 Å². The molecule has 0 spiro atoms. The molecular formula is C12H16N4O2S2. The lowest BCUT2D eigenvalue weighted by Crippen LogP contribution is -2.36. The van der Waals surface area contributed by atoms with Crippen molar-refractivity contribution in [1.29, 1.82) is 0 Å². The summed E-state index contributed by atoms with van der Waals surface area (Å²) in [5.74, 6) is 0. The van der Waals surface area contributed by atoms with Gasteiger partial charge in [-0.2, -0.15) is 9.40 Å². The zero-order valence-electron chi connectivity index (χ0n) is 11.6. The number of fused-ring (bicyclic) bond motifs is 1. The topological polar surface area (TPSA) is 79.0 Å². The minimum atomic E-state index is -3.50. The van der Waals surface area contributed by atoms with Gasteiger partial charge in [0.15, 0.2) is 0 Å². The van der Waals surface area contributed by atoms with Crippen molar-refractivity contribution in [3.05, 3.63) is 27.0 Å². The Kier molecular flexibility index (Phi) is 3.19. The number of nitrogens with one attached hydrogen (secondary N) is 1. The lowest BCUT2D eigenvalue weighted by atomic mass is 10.2. The quantitative estimate of drug-likeness (QED) is 0.912. The highest BCUT2D eigenvalue weighted by atomic mass is 32.2. The summed E-state index contributed by atoms with van der Waals surface area (Å²) in [5, 5.41) is 7.72. The third-order valence-electron chi connectivity index (χ3n) is 3.46. The van der Waals surface area contributed by atoms with Gasteiger partial charge in [-0.3, -0.25) is 5.10 Å². The fraction of sp³-hybridized carbons (Fsp3) is 0.500. The van der Waals surface area contributed by atoms with E-state index in [2.05, 4.69) is 15.2 Å². The van der Waals surface area contributed by atoms with Crippen LogP contribution in [0.3, 0.4) is 0 Å². The molecule has 8 heteroatoms. The molecule has 108 valence electrons. The standard InChI is InChI=1S/C12H16N4O2S2/c1-7-12(8(2)15-14-7)20(17,18)16-5-4-10-11(6-16)19-9(3)13-10/h4-6H2,1-3H3,(H,14,15). The average Bonchev–Trinajstić information content (AvgIpc) is 2.90. The normalized spacial score (nSPS) is 16.4. The number of H-pyrrole nitrogens is 1.